The highest BCUT2D eigenvalue weighted by Gasteiger charge is 2.27. The molecule has 74 valence electrons. The van der Waals surface area contributed by atoms with E-state index in [1.165, 1.54) is 11.1 Å². The van der Waals surface area contributed by atoms with E-state index < -0.39 is 6.29 Å². The topological polar surface area (TPSA) is 42.0 Å². The summed E-state index contributed by atoms with van der Waals surface area (Å²) in [6, 6.07) is 6.07. The van der Waals surface area contributed by atoms with Crippen molar-refractivity contribution < 1.29 is 14.6 Å². The van der Waals surface area contributed by atoms with E-state index in [0.717, 1.165) is 18.6 Å². The summed E-state index contributed by atoms with van der Waals surface area (Å²) in [4.78, 5) is 0. The van der Waals surface area contributed by atoms with Crippen LogP contribution >= 0.6 is 0 Å². The number of hydrogen-bond acceptors (Lipinski definition) is 3. The second-order valence-corrected chi connectivity index (χ2v) is 3.75. The molecule has 0 amide bonds. The summed E-state index contributed by atoms with van der Waals surface area (Å²) in [7, 11) is 0. The van der Waals surface area contributed by atoms with Crippen LogP contribution < -0.4 is 0 Å². The third-order valence-corrected chi connectivity index (χ3v) is 2.79. The molecule has 0 bridgehead atoms. The molecule has 3 nitrogen and oxygen atoms in total. The fourth-order valence-electron chi connectivity index (χ4n) is 1.89. The van der Waals surface area contributed by atoms with Crippen molar-refractivity contribution in [3.63, 3.8) is 0 Å². The van der Waals surface area contributed by atoms with E-state index in [9.17, 15) is 5.11 Å². The largest absolute Gasteiger partial charge is 0.368 e. The number of benzene rings is 1. The van der Waals surface area contributed by atoms with Gasteiger partial charge in [0, 0.05) is 5.56 Å². The van der Waals surface area contributed by atoms with Gasteiger partial charge in [-0.2, -0.15) is 0 Å². The number of hydrogen-bond donors (Lipinski definition) is 1. The van der Waals surface area contributed by atoms with Gasteiger partial charge in [-0.05, 0) is 17.5 Å². The minimum atomic E-state index is -0.743. The molecule has 2 atom stereocenters. The average molecular weight is 192 g/mol. The maximum absolute atomic E-state index is 9.55. The van der Waals surface area contributed by atoms with Crippen LogP contribution in [-0.4, -0.2) is 18.3 Å². The molecule has 0 radical (unpaired) electrons. The molecule has 3 heteroatoms. The third kappa shape index (κ3) is 1.34. The van der Waals surface area contributed by atoms with Gasteiger partial charge in [0.2, 0.25) is 0 Å². The van der Waals surface area contributed by atoms with Crippen LogP contribution in [0.1, 0.15) is 29.1 Å². The molecule has 0 aliphatic carbocycles. The monoisotopic (exact) mass is 192 g/mol. The maximum atomic E-state index is 9.55. The Bertz CT molecular complexity index is 358. The van der Waals surface area contributed by atoms with E-state index in [-0.39, 0.29) is 0 Å². The zero-order valence-corrected chi connectivity index (χ0v) is 7.77. The van der Waals surface area contributed by atoms with Gasteiger partial charge in [-0.15, -0.1) is 0 Å². The quantitative estimate of drug-likeness (QED) is 0.682. The molecule has 2 aliphatic heterocycles. The SMILES string of the molecule is OC1OCCc2cc(C3CO3)ccc21. The molecule has 1 aromatic carbocycles. The van der Waals surface area contributed by atoms with Crippen molar-refractivity contribution >= 4 is 0 Å². The minimum absolute atomic E-state index is 0.292. The molecule has 1 fully saturated rings. The summed E-state index contributed by atoms with van der Waals surface area (Å²) in [6.07, 6.45) is 0.431. The molecule has 2 heterocycles. The Morgan fingerprint density at radius 2 is 2.14 bits per heavy atom. The fraction of sp³-hybridized carbons (Fsp3) is 0.455. The molecular formula is C11H12O3. The zero-order chi connectivity index (χ0) is 9.54. The van der Waals surface area contributed by atoms with E-state index in [2.05, 4.69) is 6.07 Å². The van der Waals surface area contributed by atoms with E-state index in [4.69, 9.17) is 9.47 Å². The molecule has 2 unspecified atom stereocenters. The van der Waals surface area contributed by atoms with Crippen molar-refractivity contribution in [1.29, 1.82) is 0 Å². The van der Waals surface area contributed by atoms with Crippen LogP contribution in [0.2, 0.25) is 0 Å². The fourth-order valence-corrected chi connectivity index (χ4v) is 1.89. The number of rotatable bonds is 1. The van der Waals surface area contributed by atoms with E-state index in [1.54, 1.807) is 0 Å². The Kier molecular flexibility index (Phi) is 1.83. The molecule has 1 aromatic rings. The molecule has 0 spiro atoms. The smallest absolute Gasteiger partial charge is 0.181 e. The van der Waals surface area contributed by atoms with Crippen LogP contribution in [0.25, 0.3) is 0 Å². The normalized spacial score (nSPS) is 29.8. The van der Waals surface area contributed by atoms with Crippen LogP contribution in [-0.2, 0) is 15.9 Å². The van der Waals surface area contributed by atoms with Gasteiger partial charge < -0.3 is 14.6 Å². The van der Waals surface area contributed by atoms with Crippen molar-refractivity contribution in [2.24, 2.45) is 0 Å². The summed E-state index contributed by atoms with van der Waals surface area (Å²) >= 11 is 0. The summed E-state index contributed by atoms with van der Waals surface area (Å²) < 4.78 is 10.4. The first kappa shape index (κ1) is 8.41. The lowest BCUT2D eigenvalue weighted by Crippen LogP contribution is -2.15. The summed E-state index contributed by atoms with van der Waals surface area (Å²) in [5.41, 5.74) is 3.32. The van der Waals surface area contributed by atoms with Crippen molar-refractivity contribution in [1.82, 2.24) is 0 Å². The first-order chi connectivity index (χ1) is 6.84. The van der Waals surface area contributed by atoms with Crippen LogP contribution in [0.3, 0.4) is 0 Å². The van der Waals surface area contributed by atoms with Gasteiger partial charge in [-0.3, -0.25) is 0 Å². The molecule has 0 saturated carbocycles. The van der Waals surface area contributed by atoms with Gasteiger partial charge in [-0.1, -0.05) is 18.2 Å². The van der Waals surface area contributed by atoms with Crippen molar-refractivity contribution in [2.45, 2.75) is 18.8 Å². The average Bonchev–Trinajstić information content (AvgIpc) is 3.01. The van der Waals surface area contributed by atoms with Gasteiger partial charge >= 0.3 is 0 Å². The summed E-state index contributed by atoms with van der Waals surface area (Å²) in [6.45, 7) is 1.43. The second-order valence-electron chi connectivity index (χ2n) is 3.75. The third-order valence-electron chi connectivity index (χ3n) is 2.79. The van der Waals surface area contributed by atoms with Gasteiger partial charge in [0.15, 0.2) is 6.29 Å². The van der Waals surface area contributed by atoms with E-state index >= 15 is 0 Å². The molecule has 1 saturated heterocycles. The number of aliphatic hydroxyl groups excluding tert-OH is 1. The molecule has 2 aliphatic rings. The number of aliphatic hydroxyl groups is 1. The first-order valence-electron chi connectivity index (χ1n) is 4.88. The Balaban J connectivity index is 2.00. The predicted octanol–water partition coefficient (Wildman–Crippen LogP) is 1.32. The van der Waals surface area contributed by atoms with Crippen LogP contribution in [0, 0.1) is 0 Å². The standard InChI is InChI=1S/C11H12O3/c12-11-9-2-1-8(10-6-14-10)5-7(9)3-4-13-11/h1-2,5,10-12H,3-4,6H2. The van der Waals surface area contributed by atoms with E-state index in [1.807, 2.05) is 12.1 Å². The van der Waals surface area contributed by atoms with Crippen molar-refractivity contribution in [3.05, 3.63) is 34.9 Å². The van der Waals surface area contributed by atoms with Gasteiger partial charge in [-0.25, -0.2) is 0 Å². The molecule has 0 aromatic heterocycles. The molecule has 1 N–H and O–H groups in total. The number of ether oxygens (including phenoxy) is 2. The van der Waals surface area contributed by atoms with Gasteiger partial charge in [0.1, 0.15) is 6.10 Å². The Hall–Kier alpha value is -0.900. The van der Waals surface area contributed by atoms with Crippen LogP contribution in [0.4, 0.5) is 0 Å². The van der Waals surface area contributed by atoms with Gasteiger partial charge in [0.25, 0.3) is 0 Å². The van der Waals surface area contributed by atoms with Crippen LogP contribution in [0.15, 0.2) is 18.2 Å². The lowest BCUT2D eigenvalue weighted by molar-refractivity contribution is -0.110. The second kappa shape index (κ2) is 3.05. The maximum Gasteiger partial charge on any atom is 0.181 e. The number of epoxide rings is 1. The van der Waals surface area contributed by atoms with Crippen molar-refractivity contribution in [2.75, 3.05) is 13.2 Å². The summed E-state index contributed by atoms with van der Waals surface area (Å²) in [5, 5.41) is 9.55. The Morgan fingerprint density at radius 3 is 2.93 bits per heavy atom. The molecule has 3 rings (SSSR count). The highest BCUT2D eigenvalue weighted by atomic mass is 16.6. The lowest BCUT2D eigenvalue weighted by atomic mass is 9.98. The zero-order valence-electron chi connectivity index (χ0n) is 7.77. The Labute approximate surface area is 82.3 Å². The first-order valence-corrected chi connectivity index (χ1v) is 4.88. The van der Waals surface area contributed by atoms with Gasteiger partial charge in [0.05, 0.1) is 13.2 Å². The molecular weight excluding hydrogens is 180 g/mol. The molecule has 14 heavy (non-hydrogen) atoms. The van der Waals surface area contributed by atoms with E-state index in [0.29, 0.717) is 12.7 Å². The lowest BCUT2D eigenvalue weighted by Gasteiger charge is -2.22. The summed E-state index contributed by atoms with van der Waals surface area (Å²) in [5.74, 6) is 0. The predicted molar refractivity (Wildman–Crippen MR) is 49.8 cm³/mol. The highest BCUT2D eigenvalue weighted by Crippen LogP contribution is 2.33. The van der Waals surface area contributed by atoms with Crippen molar-refractivity contribution in [3.8, 4) is 0 Å². The highest BCUT2D eigenvalue weighted by molar-refractivity contribution is 5.36. The Morgan fingerprint density at radius 1 is 1.29 bits per heavy atom. The number of fused-ring (bicyclic) bond motifs is 1. The van der Waals surface area contributed by atoms with Crippen LogP contribution in [0.5, 0.6) is 0 Å². The minimum Gasteiger partial charge on any atom is -0.368 e.